The van der Waals surface area contributed by atoms with E-state index in [1.165, 1.54) is 4.90 Å². The third-order valence-corrected chi connectivity index (χ3v) is 8.42. The molecule has 2 amide bonds. The Morgan fingerprint density at radius 1 is 1.09 bits per heavy atom. The molecule has 1 aromatic heterocycles. The molecular formula is C26H32N4O2S. The number of aromatic nitrogens is 1. The maximum absolute atomic E-state index is 13.6. The Bertz CT molecular complexity index is 983. The van der Waals surface area contributed by atoms with Gasteiger partial charge in [0.2, 0.25) is 11.8 Å². The third-order valence-electron chi connectivity index (χ3n) is 7.67. The Labute approximate surface area is 200 Å². The molecule has 2 atom stereocenters. The van der Waals surface area contributed by atoms with Crippen LogP contribution in [0.25, 0.3) is 0 Å². The number of amides is 2. The van der Waals surface area contributed by atoms with Crippen LogP contribution in [0.15, 0.2) is 53.7 Å². The second-order valence-electron chi connectivity index (χ2n) is 9.59. The molecule has 3 fully saturated rings. The van der Waals surface area contributed by atoms with Gasteiger partial charge >= 0.3 is 0 Å². The fourth-order valence-electron chi connectivity index (χ4n) is 5.57. The normalized spacial score (nSPS) is 22.8. The van der Waals surface area contributed by atoms with E-state index in [1.54, 1.807) is 18.0 Å². The SMILES string of the molecule is CSc1ccc(NC(=O)[C@H]2CC23CCN(C(=O)[C@H](c2cccnc2)N2CCCC2)CC3)cc1. The number of benzene rings is 1. The summed E-state index contributed by atoms with van der Waals surface area (Å²) in [7, 11) is 0. The first-order chi connectivity index (χ1) is 16.1. The van der Waals surface area contributed by atoms with Crippen molar-refractivity contribution in [3.63, 3.8) is 0 Å². The number of nitrogens with one attached hydrogen (secondary N) is 1. The molecule has 0 radical (unpaired) electrons. The minimum Gasteiger partial charge on any atom is -0.341 e. The molecule has 3 aliphatic rings. The van der Waals surface area contributed by atoms with Crippen LogP contribution in [0.1, 0.15) is 43.7 Å². The summed E-state index contributed by atoms with van der Waals surface area (Å²) in [6.45, 7) is 3.39. The zero-order valence-corrected chi connectivity index (χ0v) is 20.0. The molecule has 6 nitrogen and oxygen atoms in total. The lowest BCUT2D eigenvalue weighted by atomic mass is 9.90. The zero-order chi connectivity index (χ0) is 22.8. The van der Waals surface area contributed by atoms with Gasteiger partial charge in [0.05, 0.1) is 0 Å². The maximum atomic E-state index is 13.6. The van der Waals surface area contributed by atoms with E-state index >= 15 is 0 Å². The highest BCUT2D eigenvalue weighted by Gasteiger charge is 2.59. The predicted molar refractivity (Wildman–Crippen MR) is 131 cm³/mol. The first-order valence-corrected chi connectivity index (χ1v) is 13.2. The number of nitrogens with zero attached hydrogens (tertiary/aromatic N) is 3. The van der Waals surface area contributed by atoms with Gasteiger partial charge in [-0.25, -0.2) is 0 Å². The van der Waals surface area contributed by atoms with E-state index in [0.29, 0.717) is 0 Å². The van der Waals surface area contributed by atoms with Crippen molar-refractivity contribution < 1.29 is 9.59 Å². The van der Waals surface area contributed by atoms with Crippen molar-refractivity contribution in [2.24, 2.45) is 11.3 Å². The number of anilines is 1. The van der Waals surface area contributed by atoms with E-state index < -0.39 is 0 Å². The second kappa shape index (κ2) is 9.47. The summed E-state index contributed by atoms with van der Waals surface area (Å²) in [5.74, 6) is 0.370. The van der Waals surface area contributed by atoms with Gasteiger partial charge in [0.1, 0.15) is 6.04 Å². The monoisotopic (exact) mass is 464 g/mol. The van der Waals surface area contributed by atoms with Gasteiger partial charge in [0.15, 0.2) is 0 Å². The van der Waals surface area contributed by atoms with Gasteiger partial charge in [0.25, 0.3) is 0 Å². The van der Waals surface area contributed by atoms with Gasteiger partial charge in [-0.1, -0.05) is 6.07 Å². The van der Waals surface area contributed by atoms with Crippen LogP contribution in [0.3, 0.4) is 0 Å². The number of hydrogen-bond donors (Lipinski definition) is 1. The summed E-state index contributed by atoms with van der Waals surface area (Å²) in [5.41, 5.74) is 1.91. The smallest absolute Gasteiger partial charge is 0.244 e. The average Bonchev–Trinajstić information content (AvgIpc) is 3.28. The highest BCUT2D eigenvalue weighted by molar-refractivity contribution is 7.98. The molecule has 3 heterocycles. The van der Waals surface area contributed by atoms with E-state index in [9.17, 15) is 9.59 Å². The number of piperidine rings is 1. The summed E-state index contributed by atoms with van der Waals surface area (Å²) >= 11 is 1.69. The summed E-state index contributed by atoms with van der Waals surface area (Å²) in [5, 5.41) is 3.10. The topological polar surface area (TPSA) is 65.5 Å². The Morgan fingerprint density at radius 3 is 2.45 bits per heavy atom. The number of pyridine rings is 1. The minimum atomic E-state index is -0.238. The molecule has 2 saturated heterocycles. The second-order valence-corrected chi connectivity index (χ2v) is 10.5. The van der Waals surface area contributed by atoms with Gasteiger partial charge in [-0.2, -0.15) is 0 Å². The molecule has 7 heteroatoms. The Kier molecular flexibility index (Phi) is 6.43. The van der Waals surface area contributed by atoms with E-state index in [-0.39, 0.29) is 29.2 Å². The summed E-state index contributed by atoms with van der Waals surface area (Å²) < 4.78 is 0. The van der Waals surface area contributed by atoms with Crippen LogP contribution in [-0.4, -0.2) is 59.0 Å². The van der Waals surface area contributed by atoms with E-state index in [0.717, 1.165) is 69.5 Å². The summed E-state index contributed by atoms with van der Waals surface area (Å²) in [4.78, 5) is 36.3. The van der Waals surface area contributed by atoms with Gasteiger partial charge in [-0.05, 0) is 92.8 Å². The number of carbonyl (C=O) groups is 2. The number of thioether (sulfide) groups is 1. The first kappa shape index (κ1) is 22.4. The van der Waals surface area contributed by atoms with Crippen LogP contribution in [0.2, 0.25) is 0 Å². The molecule has 1 aromatic carbocycles. The fraction of sp³-hybridized carbons (Fsp3) is 0.500. The van der Waals surface area contributed by atoms with Crippen LogP contribution in [-0.2, 0) is 9.59 Å². The molecule has 174 valence electrons. The van der Waals surface area contributed by atoms with Crippen LogP contribution < -0.4 is 5.32 Å². The van der Waals surface area contributed by atoms with Crippen molar-refractivity contribution >= 4 is 29.3 Å². The lowest BCUT2D eigenvalue weighted by Crippen LogP contribution is -2.46. The largest absolute Gasteiger partial charge is 0.341 e. The van der Waals surface area contributed by atoms with Crippen LogP contribution in [0.4, 0.5) is 5.69 Å². The molecule has 2 aromatic rings. The maximum Gasteiger partial charge on any atom is 0.244 e. The molecule has 33 heavy (non-hydrogen) atoms. The van der Waals surface area contributed by atoms with E-state index in [2.05, 4.69) is 15.2 Å². The van der Waals surface area contributed by atoms with Crippen molar-refractivity contribution in [3.05, 3.63) is 54.4 Å². The Morgan fingerprint density at radius 2 is 1.82 bits per heavy atom. The lowest BCUT2D eigenvalue weighted by molar-refractivity contribution is -0.138. The van der Waals surface area contributed by atoms with Crippen molar-refractivity contribution in [1.29, 1.82) is 0 Å². The fourth-order valence-corrected chi connectivity index (χ4v) is 5.98. The van der Waals surface area contributed by atoms with E-state index in [1.807, 2.05) is 53.8 Å². The molecule has 1 N–H and O–H groups in total. The molecular weight excluding hydrogens is 432 g/mol. The molecule has 1 saturated carbocycles. The van der Waals surface area contributed by atoms with Gasteiger partial charge < -0.3 is 10.2 Å². The quantitative estimate of drug-likeness (QED) is 0.649. The van der Waals surface area contributed by atoms with E-state index in [4.69, 9.17) is 0 Å². The number of rotatable bonds is 6. The zero-order valence-electron chi connectivity index (χ0n) is 19.2. The van der Waals surface area contributed by atoms with Crippen LogP contribution in [0, 0.1) is 11.3 Å². The highest BCUT2D eigenvalue weighted by atomic mass is 32.2. The lowest BCUT2D eigenvalue weighted by Gasteiger charge is -2.37. The van der Waals surface area contributed by atoms with Crippen molar-refractivity contribution in [1.82, 2.24) is 14.8 Å². The molecule has 0 unspecified atom stereocenters. The number of likely N-dealkylation sites (tertiary alicyclic amines) is 2. The highest BCUT2D eigenvalue weighted by Crippen LogP contribution is 2.59. The third kappa shape index (κ3) is 4.66. The van der Waals surface area contributed by atoms with Gasteiger partial charge in [0, 0.05) is 42.0 Å². The summed E-state index contributed by atoms with van der Waals surface area (Å²) in [6, 6.07) is 11.7. The van der Waals surface area contributed by atoms with Gasteiger partial charge in [-0.3, -0.25) is 19.5 Å². The predicted octanol–water partition coefficient (Wildman–Crippen LogP) is 4.21. The molecule has 1 spiro atoms. The van der Waals surface area contributed by atoms with Crippen molar-refractivity contribution in [2.45, 2.75) is 43.0 Å². The average molecular weight is 465 g/mol. The summed E-state index contributed by atoms with van der Waals surface area (Å²) in [6.07, 6.45) is 10.7. The standard InChI is InChI=1S/C26H32N4O2S/c1-33-21-8-6-20(7-9-21)28-24(31)22-17-26(22)10-15-30(16-11-26)25(32)23(29-13-2-3-14-29)19-5-4-12-27-18-19/h4-9,12,18,22-23H,2-3,10-11,13-17H2,1H3,(H,28,31)/t22-,23+/m1/s1. The van der Waals surface area contributed by atoms with Crippen molar-refractivity contribution in [3.8, 4) is 0 Å². The first-order valence-electron chi connectivity index (χ1n) is 12.0. The Balaban J connectivity index is 1.19. The minimum absolute atomic E-state index is 0.0580. The molecule has 0 bridgehead atoms. The van der Waals surface area contributed by atoms with Crippen molar-refractivity contribution in [2.75, 3.05) is 37.8 Å². The molecule has 5 rings (SSSR count). The Hall–Kier alpha value is -2.38. The molecule has 1 aliphatic carbocycles. The molecule has 2 aliphatic heterocycles. The van der Waals surface area contributed by atoms with Crippen LogP contribution in [0.5, 0.6) is 0 Å². The van der Waals surface area contributed by atoms with Crippen LogP contribution >= 0.6 is 11.8 Å². The number of carbonyl (C=O) groups excluding carboxylic acids is 2. The van der Waals surface area contributed by atoms with Gasteiger partial charge in [-0.15, -0.1) is 11.8 Å². The number of hydrogen-bond acceptors (Lipinski definition) is 5.